The Morgan fingerprint density at radius 3 is 2.17 bits per heavy atom. The molecule has 1 aromatic heterocycles. The lowest BCUT2D eigenvalue weighted by Gasteiger charge is -2.19. The molecule has 0 spiro atoms. The Labute approximate surface area is 229 Å². The zero-order valence-corrected chi connectivity index (χ0v) is 24.8. The molecule has 36 heavy (non-hydrogen) atoms. The molecule has 2 rings (SSSR count). The first-order valence-corrected chi connectivity index (χ1v) is 16.7. The fraction of sp³-hybridized carbons (Fsp3) is 0.677. The molecule has 0 bridgehead atoms. The third-order valence-electron chi connectivity index (χ3n) is 6.68. The van der Waals surface area contributed by atoms with E-state index in [2.05, 4.69) is 49.3 Å². The number of hydrogen-bond donors (Lipinski definition) is 1. The zero-order valence-electron chi connectivity index (χ0n) is 23.2. The van der Waals surface area contributed by atoms with E-state index in [9.17, 15) is 4.79 Å². The topological polar surface area (TPSA) is 42.0 Å². The lowest BCUT2D eigenvalue weighted by molar-refractivity contribution is -0.115. The number of thioether (sulfide) groups is 2. The van der Waals surface area contributed by atoms with Crippen molar-refractivity contribution in [2.24, 2.45) is 0 Å². The van der Waals surface area contributed by atoms with Crippen molar-refractivity contribution in [2.75, 3.05) is 16.8 Å². The molecular weight excluding hydrogens is 480 g/mol. The molecule has 0 saturated heterocycles. The van der Waals surface area contributed by atoms with Crippen LogP contribution in [0.25, 0.3) is 10.9 Å². The molecule has 202 valence electrons. The maximum Gasteiger partial charge on any atom is 0.237 e. The summed E-state index contributed by atoms with van der Waals surface area (Å²) in [6, 6.07) is 8.31. The molecule has 5 heteroatoms. The summed E-state index contributed by atoms with van der Waals surface area (Å²) < 4.78 is 0. The smallest absolute Gasteiger partial charge is 0.237 e. The second-order valence-corrected chi connectivity index (χ2v) is 12.3. The molecule has 0 aliphatic heterocycles. The summed E-state index contributed by atoms with van der Waals surface area (Å²) in [4.78, 5) is 19.4. The summed E-state index contributed by atoms with van der Waals surface area (Å²) in [5, 5.41) is 4.47. The number of carbonyl (C=O) groups is 1. The summed E-state index contributed by atoms with van der Waals surface area (Å²) in [6.07, 6.45) is 20.4. The van der Waals surface area contributed by atoms with E-state index in [4.69, 9.17) is 0 Å². The van der Waals surface area contributed by atoms with Crippen LogP contribution in [0.5, 0.6) is 0 Å². The third kappa shape index (κ3) is 11.9. The largest absolute Gasteiger partial charge is 0.324 e. The predicted octanol–water partition coefficient (Wildman–Crippen LogP) is 10.3. The Hall–Kier alpha value is -1.20. The van der Waals surface area contributed by atoms with E-state index in [-0.39, 0.29) is 11.2 Å². The van der Waals surface area contributed by atoms with Crippen molar-refractivity contribution in [1.29, 1.82) is 0 Å². The number of hydrogen-bond acceptors (Lipinski definition) is 4. The van der Waals surface area contributed by atoms with Gasteiger partial charge in [-0.25, -0.2) is 0 Å². The molecule has 1 unspecified atom stereocenters. The van der Waals surface area contributed by atoms with Gasteiger partial charge in [0.1, 0.15) is 0 Å². The normalized spacial score (nSPS) is 12.2. The van der Waals surface area contributed by atoms with Gasteiger partial charge in [-0.1, -0.05) is 97.8 Å². The van der Waals surface area contributed by atoms with Crippen LogP contribution in [-0.2, 0) is 4.79 Å². The molecule has 0 saturated carbocycles. The summed E-state index contributed by atoms with van der Waals surface area (Å²) in [5.41, 5.74) is 1.91. The molecule has 0 radical (unpaired) electrons. The van der Waals surface area contributed by atoms with Crippen LogP contribution < -0.4 is 5.32 Å². The van der Waals surface area contributed by atoms with Gasteiger partial charge >= 0.3 is 0 Å². The summed E-state index contributed by atoms with van der Waals surface area (Å²) in [5.74, 6) is 2.33. The second-order valence-electron chi connectivity index (χ2n) is 9.88. The highest BCUT2D eigenvalue weighted by molar-refractivity contribution is 8.00. The first kappa shape index (κ1) is 31.0. The van der Waals surface area contributed by atoms with Crippen LogP contribution in [0.2, 0.25) is 0 Å². The molecule has 1 amide bonds. The quantitative estimate of drug-likeness (QED) is 0.129. The number of nitrogens with zero attached hydrogens (tertiary/aromatic N) is 1. The summed E-state index contributed by atoms with van der Waals surface area (Å²) in [7, 11) is 0. The fourth-order valence-corrected chi connectivity index (χ4v) is 6.69. The van der Waals surface area contributed by atoms with Crippen molar-refractivity contribution >= 4 is 46.0 Å². The van der Waals surface area contributed by atoms with Crippen molar-refractivity contribution in [3.8, 4) is 0 Å². The highest BCUT2D eigenvalue weighted by Gasteiger charge is 2.21. The third-order valence-corrected chi connectivity index (χ3v) is 9.20. The molecule has 0 fully saturated rings. The molecule has 3 nitrogen and oxygen atoms in total. The SMILES string of the molecule is CCCCCCCCC(SCCCCCC)C(=O)Nc1c(SCCCCCC)ccc2ncccc12. The number of anilines is 1. The van der Waals surface area contributed by atoms with Crippen LogP contribution in [0.3, 0.4) is 0 Å². The van der Waals surface area contributed by atoms with Gasteiger partial charge in [-0.05, 0) is 55.0 Å². The minimum Gasteiger partial charge on any atom is -0.324 e. The van der Waals surface area contributed by atoms with Gasteiger partial charge in [-0.3, -0.25) is 9.78 Å². The fourth-order valence-electron chi connectivity index (χ4n) is 4.45. The minimum absolute atomic E-state index is 0.0205. The lowest BCUT2D eigenvalue weighted by Crippen LogP contribution is -2.26. The number of amides is 1. The minimum atomic E-state index is 0.0205. The Kier molecular flexibility index (Phi) is 17.1. The molecule has 0 aliphatic rings. The number of aromatic nitrogens is 1. The standard InChI is InChI=1S/C31H50N2OS2/c1-4-7-10-13-14-15-20-29(36-25-17-12-9-6-3)31(34)33-30-26-19-18-23-32-27(26)21-22-28(30)35-24-16-11-8-5-2/h18-19,21-23,29H,4-17,20,24-25H2,1-3H3,(H,33,34). The van der Waals surface area contributed by atoms with Crippen LogP contribution >= 0.6 is 23.5 Å². The van der Waals surface area contributed by atoms with Crippen molar-refractivity contribution in [2.45, 2.75) is 127 Å². The van der Waals surface area contributed by atoms with E-state index in [1.807, 2.05) is 35.8 Å². The maximum absolute atomic E-state index is 13.6. The monoisotopic (exact) mass is 530 g/mol. The van der Waals surface area contributed by atoms with Gasteiger partial charge in [-0.2, -0.15) is 0 Å². The number of nitrogens with one attached hydrogen (secondary N) is 1. The lowest BCUT2D eigenvalue weighted by atomic mass is 10.1. The van der Waals surface area contributed by atoms with Crippen LogP contribution in [0, 0.1) is 0 Å². The predicted molar refractivity (Wildman–Crippen MR) is 164 cm³/mol. The Bertz CT molecular complexity index is 858. The van der Waals surface area contributed by atoms with Crippen molar-refractivity contribution < 1.29 is 4.79 Å². The number of pyridine rings is 1. The molecule has 1 N–H and O–H groups in total. The maximum atomic E-state index is 13.6. The number of rotatable bonds is 21. The van der Waals surface area contributed by atoms with Gasteiger partial charge in [0.05, 0.1) is 16.5 Å². The van der Waals surface area contributed by atoms with Crippen LogP contribution in [-0.4, -0.2) is 27.6 Å². The average Bonchev–Trinajstić information content (AvgIpc) is 2.90. The average molecular weight is 531 g/mol. The van der Waals surface area contributed by atoms with Gasteiger partial charge in [0.15, 0.2) is 0 Å². The van der Waals surface area contributed by atoms with Crippen molar-refractivity contribution in [1.82, 2.24) is 4.98 Å². The number of unbranched alkanes of at least 4 members (excludes halogenated alkanes) is 11. The van der Waals surface area contributed by atoms with Crippen LogP contribution in [0.15, 0.2) is 35.4 Å². The Morgan fingerprint density at radius 2 is 1.44 bits per heavy atom. The van der Waals surface area contributed by atoms with E-state index < -0.39 is 0 Å². The first-order valence-electron chi connectivity index (χ1n) is 14.6. The molecule has 0 aliphatic carbocycles. The van der Waals surface area contributed by atoms with E-state index in [0.717, 1.165) is 40.9 Å². The highest BCUT2D eigenvalue weighted by atomic mass is 32.2. The Balaban J connectivity index is 2.09. The van der Waals surface area contributed by atoms with Crippen LogP contribution in [0.4, 0.5) is 5.69 Å². The molecule has 1 aromatic carbocycles. The molecular formula is C31H50N2OS2. The summed E-state index contributed by atoms with van der Waals surface area (Å²) >= 11 is 3.74. The van der Waals surface area contributed by atoms with Gasteiger partial charge in [0.2, 0.25) is 5.91 Å². The number of benzene rings is 1. The van der Waals surface area contributed by atoms with Gasteiger partial charge < -0.3 is 5.32 Å². The second kappa shape index (κ2) is 19.9. The van der Waals surface area contributed by atoms with Crippen molar-refractivity contribution in [3.05, 3.63) is 30.5 Å². The van der Waals surface area contributed by atoms with E-state index >= 15 is 0 Å². The van der Waals surface area contributed by atoms with E-state index in [0.29, 0.717) is 0 Å². The number of fused-ring (bicyclic) bond motifs is 1. The van der Waals surface area contributed by atoms with Crippen LogP contribution in [0.1, 0.15) is 117 Å². The first-order chi connectivity index (χ1) is 17.7. The van der Waals surface area contributed by atoms with Gasteiger partial charge in [-0.15, -0.1) is 23.5 Å². The zero-order chi connectivity index (χ0) is 25.8. The van der Waals surface area contributed by atoms with Gasteiger partial charge in [0.25, 0.3) is 0 Å². The number of carbonyl (C=O) groups excluding carboxylic acids is 1. The highest BCUT2D eigenvalue weighted by Crippen LogP contribution is 2.35. The molecule has 1 atom stereocenters. The molecule has 1 heterocycles. The van der Waals surface area contributed by atoms with E-state index in [1.54, 1.807) is 0 Å². The molecule has 2 aromatic rings. The van der Waals surface area contributed by atoms with Gasteiger partial charge in [0, 0.05) is 16.5 Å². The Morgan fingerprint density at radius 1 is 0.806 bits per heavy atom. The summed E-state index contributed by atoms with van der Waals surface area (Å²) in [6.45, 7) is 6.76. The van der Waals surface area contributed by atoms with Crippen molar-refractivity contribution in [3.63, 3.8) is 0 Å². The van der Waals surface area contributed by atoms with E-state index in [1.165, 1.54) is 88.4 Å².